The summed E-state index contributed by atoms with van der Waals surface area (Å²) in [5.41, 5.74) is 1.90. The van der Waals surface area contributed by atoms with Crippen LogP contribution in [0.1, 0.15) is 30.6 Å². The minimum atomic E-state index is -0.0349. The Labute approximate surface area is 123 Å². The number of hydrogen-bond acceptors (Lipinski definition) is 2. The van der Waals surface area contributed by atoms with Crippen LogP contribution in [0.3, 0.4) is 0 Å². The molecule has 0 radical (unpaired) electrons. The van der Waals surface area contributed by atoms with Gasteiger partial charge >= 0.3 is 0 Å². The zero-order valence-corrected chi connectivity index (χ0v) is 12.5. The first kappa shape index (κ1) is 14.4. The lowest BCUT2D eigenvalue weighted by atomic mass is 10.0. The maximum Gasteiger partial charge on any atom is 0.0947 e. The summed E-state index contributed by atoms with van der Waals surface area (Å²) in [6, 6.07) is 5.65. The predicted molar refractivity (Wildman–Crippen MR) is 79.8 cm³/mol. The van der Waals surface area contributed by atoms with E-state index < -0.39 is 0 Å². The smallest absolute Gasteiger partial charge is 0.0947 e. The molecule has 0 fully saturated rings. The first-order chi connectivity index (χ1) is 9.13. The molecule has 1 aromatic heterocycles. The van der Waals surface area contributed by atoms with E-state index in [9.17, 15) is 0 Å². The third-order valence-electron chi connectivity index (χ3n) is 2.91. The second kappa shape index (κ2) is 6.42. The third-order valence-corrected chi connectivity index (χ3v) is 3.75. The SMILES string of the molecule is CCCNC(c1cn(C)cn1)c1cccc(Cl)c1Cl. The molecule has 102 valence electrons. The van der Waals surface area contributed by atoms with Crippen LogP contribution >= 0.6 is 23.2 Å². The molecule has 0 aliphatic heterocycles. The molecule has 1 aromatic carbocycles. The first-order valence-corrected chi connectivity index (χ1v) is 7.04. The van der Waals surface area contributed by atoms with Gasteiger partial charge in [-0.2, -0.15) is 0 Å². The maximum atomic E-state index is 6.32. The van der Waals surface area contributed by atoms with Crippen molar-refractivity contribution in [1.29, 1.82) is 0 Å². The summed E-state index contributed by atoms with van der Waals surface area (Å²) in [4.78, 5) is 4.41. The molecule has 0 bridgehead atoms. The number of aromatic nitrogens is 2. The number of benzene rings is 1. The van der Waals surface area contributed by atoms with Crippen LogP contribution in [-0.2, 0) is 7.05 Å². The van der Waals surface area contributed by atoms with E-state index in [-0.39, 0.29) is 6.04 Å². The Hall–Kier alpha value is -1.03. The fourth-order valence-electron chi connectivity index (χ4n) is 1.99. The molecule has 3 nitrogen and oxygen atoms in total. The van der Waals surface area contributed by atoms with Gasteiger partial charge in [-0.1, -0.05) is 42.3 Å². The highest BCUT2D eigenvalue weighted by molar-refractivity contribution is 6.42. The normalized spacial score (nSPS) is 12.6. The summed E-state index contributed by atoms with van der Waals surface area (Å²) >= 11 is 12.4. The lowest BCUT2D eigenvalue weighted by Crippen LogP contribution is -2.23. The quantitative estimate of drug-likeness (QED) is 0.909. The van der Waals surface area contributed by atoms with E-state index in [1.54, 1.807) is 12.4 Å². The van der Waals surface area contributed by atoms with E-state index in [0.717, 1.165) is 24.2 Å². The molecule has 1 atom stereocenters. The molecule has 0 saturated heterocycles. The summed E-state index contributed by atoms with van der Waals surface area (Å²) in [6.45, 7) is 3.02. The molecule has 1 unspecified atom stereocenters. The third kappa shape index (κ3) is 3.30. The molecular formula is C14H17Cl2N3. The molecular weight excluding hydrogens is 281 g/mol. The highest BCUT2D eigenvalue weighted by atomic mass is 35.5. The topological polar surface area (TPSA) is 29.9 Å². The Morgan fingerprint density at radius 2 is 2.16 bits per heavy atom. The van der Waals surface area contributed by atoms with Crippen LogP contribution < -0.4 is 5.32 Å². The largest absolute Gasteiger partial charge is 0.340 e. The second-order valence-corrected chi connectivity index (χ2v) is 5.28. The van der Waals surface area contributed by atoms with Gasteiger partial charge in [-0.3, -0.25) is 0 Å². The van der Waals surface area contributed by atoms with Crippen LogP contribution in [0, 0.1) is 0 Å². The summed E-state index contributed by atoms with van der Waals surface area (Å²) in [7, 11) is 1.95. The first-order valence-electron chi connectivity index (χ1n) is 6.28. The molecule has 2 aromatic rings. The van der Waals surface area contributed by atoms with Gasteiger partial charge in [0, 0.05) is 13.2 Å². The number of halogens is 2. The van der Waals surface area contributed by atoms with Crippen molar-refractivity contribution in [2.45, 2.75) is 19.4 Å². The van der Waals surface area contributed by atoms with Crippen LogP contribution in [0.25, 0.3) is 0 Å². The monoisotopic (exact) mass is 297 g/mol. The van der Waals surface area contributed by atoms with Crippen molar-refractivity contribution in [1.82, 2.24) is 14.9 Å². The Morgan fingerprint density at radius 1 is 1.37 bits per heavy atom. The average molecular weight is 298 g/mol. The summed E-state index contributed by atoms with van der Waals surface area (Å²) in [5, 5.41) is 4.62. The van der Waals surface area contributed by atoms with E-state index in [2.05, 4.69) is 17.2 Å². The molecule has 19 heavy (non-hydrogen) atoms. The van der Waals surface area contributed by atoms with Crippen LogP contribution in [0.4, 0.5) is 0 Å². The standard InChI is InChI=1S/C14H17Cl2N3/c1-3-7-17-14(12-8-19(2)9-18-12)10-5-4-6-11(15)13(10)16/h4-6,8-9,14,17H,3,7H2,1-2H3. The fraction of sp³-hybridized carbons (Fsp3) is 0.357. The van der Waals surface area contributed by atoms with Gasteiger partial charge in [0.05, 0.1) is 28.1 Å². The minimum Gasteiger partial charge on any atom is -0.340 e. The van der Waals surface area contributed by atoms with Crippen LogP contribution in [0.15, 0.2) is 30.7 Å². The molecule has 0 spiro atoms. The molecule has 1 N–H and O–H groups in total. The van der Waals surface area contributed by atoms with Gasteiger partial charge in [-0.15, -0.1) is 0 Å². The van der Waals surface area contributed by atoms with E-state index in [0.29, 0.717) is 10.0 Å². The van der Waals surface area contributed by atoms with E-state index >= 15 is 0 Å². The Balaban J connectivity index is 2.39. The summed E-state index contributed by atoms with van der Waals surface area (Å²) in [6.07, 6.45) is 4.82. The molecule has 0 amide bonds. The van der Waals surface area contributed by atoms with Gasteiger partial charge in [-0.25, -0.2) is 4.98 Å². The van der Waals surface area contributed by atoms with Crippen LogP contribution in [0.2, 0.25) is 10.0 Å². The number of nitrogens with one attached hydrogen (secondary N) is 1. The number of nitrogens with zero attached hydrogens (tertiary/aromatic N) is 2. The number of rotatable bonds is 5. The average Bonchev–Trinajstić information content (AvgIpc) is 2.81. The van der Waals surface area contributed by atoms with E-state index in [1.165, 1.54) is 0 Å². The van der Waals surface area contributed by atoms with Crippen molar-refractivity contribution >= 4 is 23.2 Å². The van der Waals surface area contributed by atoms with Crippen molar-refractivity contribution < 1.29 is 0 Å². The van der Waals surface area contributed by atoms with Crippen molar-refractivity contribution in [3.8, 4) is 0 Å². The van der Waals surface area contributed by atoms with Crippen LogP contribution in [0.5, 0.6) is 0 Å². The highest BCUT2D eigenvalue weighted by Crippen LogP contribution is 2.32. The van der Waals surface area contributed by atoms with Crippen molar-refractivity contribution in [3.05, 3.63) is 52.0 Å². The minimum absolute atomic E-state index is 0.0349. The second-order valence-electron chi connectivity index (χ2n) is 4.49. The Morgan fingerprint density at radius 3 is 2.79 bits per heavy atom. The van der Waals surface area contributed by atoms with Gasteiger partial charge in [0.2, 0.25) is 0 Å². The summed E-state index contributed by atoms with van der Waals surface area (Å²) < 4.78 is 1.93. The number of imidazole rings is 1. The lowest BCUT2D eigenvalue weighted by Gasteiger charge is -2.18. The van der Waals surface area contributed by atoms with Gasteiger partial charge in [0.25, 0.3) is 0 Å². The molecule has 2 rings (SSSR count). The van der Waals surface area contributed by atoms with Crippen LogP contribution in [-0.4, -0.2) is 16.1 Å². The van der Waals surface area contributed by atoms with E-state index in [1.807, 2.05) is 29.9 Å². The molecule has 5 heteroatoms. The van der Waals surface area contributed by atoms with Crippen molar-refractivity contribution in [2.75, 3.05) is 6.54 Å². The van der Waals surface area contributed by atoms with Gasteiger partial charge < -0.3 is 9.88 Å². The predicted octanol–water partition coefficient (Wildman–Crippen LogP) is 3.82. The van der Waals surface area contributed by atoms with Gasteiger partial charge in [0.15, 0.2) is 0 Å². The summed E-state index contributed by atoms with van der Waals surface area (Å²) in [5.74, 6) is 0. The Bertz CT molecular complexity index is 551. The fourth-order valence-corrected chi connectivity index (χ4v) is 2.41. The highest BCUT2D eigenvalue weighted by Gasteiger charge is 2.19. The maximum absolute atomic E-state index is 6.32. The van der Waals surface area contributed by atoms with Crippen molar-refractivity contribution in [2.24, 2.45) is 7.05 Å². The van der Waals surface area contributed by atoms with Gasteiger partial charge in [0.1, 0.15) is 0 Å². The lowest BCUT2D eigenvalue weighted by molar-refractivity contribution is 0.588. The van der Waals surface area contributed by atoms with Gasteiger partial charge in [-0.05, 0) is 24.6 Å². The van der Waals surface area contributed by atoms with Crippen molar-refractivity contribution in [3.63, 3.8) is 0 Å². The molecule has 0 aliphatic carbocycles. The number of hydrogen-bond donors (Lipinski definition) is 1. The number of aryl methyl sites for hydroxylation is 1. The Kier molecular flexibility index (Phi) is 4.86. The molecule has 0 aliphatic rings. The zero-order chi connectivity index (χ0) is 13.8. The zero-order valence-electron chi connectivity index (χ0n) is 11.0. The molecule has 1 heterocycles. The van der Waals surface area contributed by atoms with E-state index in [4.69, 9.17) is 23.2 Å². The molecule has 0 saturated carbocycles.